The van der Waals surface area contributed by atoms with E-state index < -0.39 is 5.91 Å². The summed E-state index contributed by atoms with van der Waals surface area (Å²) in [5.74, 6) is -0.442. The van der Waals surface area contributed by atoms with E-state index in [1.54, 1.807) is 12.1 Å². The zero-order chi connectivity index (χ0) is 15.2. The molecule has 0 bridgehead atoms. The molecule has 1 aliphatic rings. The van der Waals surface area contributed by atoms with Crippen LogP contribution in [0.2, 0.25) is 0 Å². The second-order valence-electron chi connectivity index (χ2n) is 5.32. The summed E-state index contributed by atoms with van der Waals surface area (Å²) in [6, 6.07) is 5.01. The van der Waals surface area contributed by atoms with Gasteiger partial charge in [-0.25, -0.2) is 0 Å². The quantitative estimate of drug-likeness (QED) is 0.708. The van der Waals surface area contributed by atoms with Gasteiger partial charge in [-0.15, -0.1) is 0 Å². The van der Waals surface area contributed by atoms with Gasteiger partial charge in [-0.2, -0.15) is 0 Å². The molecule has 1 saturated carbocycles. The van der Waals surface area contributed by atoms with Crippen LogP contribution in [-0.4, -0.2) is 24.5 Å². The van der Waals surface area contributed by atoms with E-state index in [4.69, 9.17) is 16.2 Å². The molecule has 1 fully saturated rings. The molecule has 6 nitrogen and oxygen atoms in total. The van der Waals surface area contributed by atoms with Crippen molar-refractivity contribution < 1.29 is 14.3 Å². The molecule has 1 aromatic rings. The summed E-state index contributed by atoms with van der Waals surface area (Å²) < 4.78 is 5.20. The summed E-state index contributed by atoms with van der Waals surface area (Å²) in [5, 5.41) is 3.02. The highest BCUT2D eigenvalue weighted by atomic mass is 16.5. The molecule has 0 saturated heterocycles. The Kier molecular flexibility index (Phi) is 5.03. The maximum absolute atomic E-state index is 12.2. The molecule has 2 rings (SSSR count). The Balaban J connectivity index is 2.02. The number of hydrogen-bond acceptors (Lipinski definition) is 4. The van der Waals surface area contributed by atoms with Gasteiger partial charge in [-0.3, -0.25) is 9.59 Å². The van der Waals surface area contributed by atoms with Gasteiger partial charge >= 0.3 is 0 Å². The number of carbonyl (C=O) groups is 2. The van der Waals surface area contributed by atoms with Crippen LogP contribution in [-0.2, 0) is 4.79 Å². The number of nitrogens with two attached hydrogens (primary N) is 2. The first-order chi connectivity index (χ1) is 10.1. The number of carbonyl (C=O) groups excluding carboxylic acids is 2. The number of rotatable bonds is 5. The van der Waals surface area contributed by atoms with Gasteiger partial charge in [0.1, 0.15) is 5.75 Å². The SMILES string of the molecule is NC(=O)COc1cc(C(=O)NC2CCCCC2)ccc1N. The highest BCUT2D eigenvalue weighted by Gasteiger charge is 2.17. The minimum atomic E-state index is -0.591. The lowest BCUT2D eigenvalue weighted by molar-refractivity contribution is -0.119. The van der Waals surface area contributed by atoms with Gasteiger partial charge in [0.2, 0.25) is 0 Å². The number of hydrogen-bond donors (Lipinski definition) is 3. The number of primary amides is 1. The number of nitrogens with one attached hydrogen (secondary N) is 1. The Bertz CT molecular complexity index is 525. The Hall–Kier alpha value is -2.24. The summed E-state index contributed by atoms with van der Waals surface area (Å²) in [4.78, 5) is 23.0. The van der Waals surface area contributed by atoms with Crippen LogP contribution < -0.4 is 21.5 Å². The summed E-state index contributed by atoms with van der Waals surface area (Å²) in [6.45, 7) is -0.266. The van der Waals surface area contributed by atoms with Crippen molar-refractivity contribution >= 4 is 17.5 Å². The van der Waals surface area contributed by atoms with Gasteiger partial charge in [0.05, 0.1) is 5.69 Å². The standard InChI is InChI=1S/C15H21N3O3/c16-12-7-6-10(8-13(12)21-9-14(17)19)15(20)18-11-4-2-1-3-5-11/h6-8,11H,1-5,9,16H2,(H2,17,19)(H,18,20). The van der Waals surface area contributed by atoms with Crippen LogP contribution in [0.4, 0.5) is 5.69 Å². The Morgan fingerprint density at radius 2 is 1.95 bits per heavy atom. The predicted molar refractivity (Wildman–Crippen MR) is 79.9 cm³/mol. The third-order valence-electron chi connectivity index (χ3n) is 3.59. The van der Waals surface area contributed by atoms with Crippen molar-refractivity contribution in [1.29, 1.82) is 0 Å². The summed E-state index contributed by atoms with van der Waals surface area (Å²) in [7, 11) is 0. The van der Waals surface area contributed by atoms with E-state index in [-0.39, 0.29) is 18.6 Å². The maximum Gasteiger partial charge on any atom is 0.255 e. The number of benzene rings is 1. The molecule has 1 aromatic carbocycles. The molecule has 0 radical (unpaired) electrons. The molecule has 0 atom stereocenters. The lowest BCUT2D eigenvalue weighted by Gasteiger charge is -2.22. The average Bonchev–Trinajstić information content (AvgIpc) is 2.47. The molecule has 6 heteroatoms. The van der Waals surface area contributed by atoms with E-state index in [9.17, 15) is 9.59 Å². The first-order valence-corrected chi connectivity index (χ1v) is 7.18. The number of amides is 2. The van der Waals surface area contributed by atoms with Gasteiger partial charge in [-0.1, -0.05) is 19.3 Å². The summed E-state index contributed by atoms with van der Waals surface area (Å²) in [6.07, 6.45) is 5.58. The van der Waals surface area contributed by atoms with Gasteiger partial charge in [0.25, 0.3) is 11.8 Å². The topological polar surface area (TPSA) is 107 Å². The van der Waals surface area contributed by atoms with Crippen molar-refractivity contribution in [1.82, 2.24) is 5.32 Å². The lowest BCUT2D eigenvalue weighted by Crippen LogP contribution is -2.36. The van der Waals surface area contributed by atoms with Gasteiger partial charge in [0, 0.05) is 11.6 Å². The fourth-order valence-electron chi connectivity index (χ4n) is 2.47. The van der Waals surface area contributed by atoms with E-state index in [1.165, 1.54) is 12.5 Å². The fourth-order valence-corrected chi connectivity index (χ4v) is 2.47. The summed E-state index contributed by atoms with van der Waals surface area (Å²) >= 11 is 0. The van der Waals surface area contributed by atoms with Gasteiger partial charge in [-0.05, 0) is 31.0 Å². The largest absolute Gasteiger partial charge is 0.482 e. The first-order valence-electron chi connectivity index (χ1n) is 7.18. The monoisotopic (exact) mass is 291 g/mol. The van der Waals surface area contributed by atoms with Crippen LogP contribution in [0.1, 0.15) is 42.5 Å². The van der Waals surface area contributed by atoms with E-state index in [0.717, 1.165) is 25.7 Å². The Morgan fingerprint density at radius 3 is 2.62 bits per heavy atom. The third kappa shape index (κ3) is 4.37. The lowest BCUT2D eigenvalue weighted by atomic mass is 9.95. The molecule has 5 N–H and O–H groups in total. The van der Waals surface area contributed by atoms with Gasteiger partial charge in [0.15, 0.2) is 6.61 Å². The molecule has 0 aromatic heterocycles. The molecular weight excluding hydrogens is 270 g/mol. The first kappa shape index (κ1) is 15.2. The molecule has 2 amide bonds. The molecular formula is C15H21N3O3. The van der Waals surface area contributed by atoms with E-state index in [2.05, 4.69) is 5.32 Å². The molecule has 21 heavy (non-hydrogen) atoms. The van der Waals surface area contributed by atoms with Crippen LogP contribution in [0, 0.1) is 0 Å². The summed E-state index contributed by atoms with van der Waals surface area (Å²) in [5.41, 5.74) is 11.6. The highest BCUT2D eigenvalue weighted by Crippen LogP contribution is 2.23. The Labute approximate surface area is 123 Å². The molecule has 0 heterocycles. The van der Waals surface area contributed by atoms with Crippen LogP contribution in [0.5, 0.6) is 5.75 Å². The zero-order valence-corrected chi connectivity index (χ0v) is 11.9. The molecule has 0 unspecified atom stereocenters. The highest BCUT2D eigenvalue weighted by molar-refractivity contribution is 5.95. The van der Waals surface area contributed by atoms with E-state index >= 15 is 0 Å². The third-order valence-corrected chi connectivity index (χ3v) is 3.59. The molecule has 1 aliphatic carbocycles. The van der Waals surface area contributed by atoms with Crippen LogP contribution >= 0.6 is 0 Å². The second kappa shape index (κ2) is 6.97. The van der Waals surface area contributed by atoms with Crippen molar-refractivity contribution in [3.63, 3.8) is 0 Å². The van der Waals surface area contributed by atoms with Crippen molar-refractivity contribution in [3.05, 3.63) is 23.8 Å². The normalized spacial score (nSPS) is 15.4. The molecule has 0 aliphatic heterocycles. The van der Waals surface area contributed by atoms with Gasteiger partial charge < -0.3 is 21.5 Å². The minimum absolute atomic E-state index is 0.147. The van der Waals surface area contributed by atoms with Crippen molar-refractivity contribution in [3.8, 4) is 5.75 Å². The Morgan fingerprint density at radius 1 is 1.24 bits per heavy atom. The van der Waals surface area contributed by atoms with Crippen LogP contribution in [0.3, 0.4) is 0 Å². The van der Waals surface area contributed by atoms with Crippen molar-refractivity contribution in [2.24, 2.45) is 5.73 Å². The maximum atomic E-state index is 12.2. The van der Waals surface area contributed by atoms with Crippen molar-refractivity contribution in [2.45, 2.75) is 38.1 Å². The predicted octanol–water partition coefficient (Wildman–Crippen LogP) is 1.20. The fraction of sp³-hybridized carbons (Fsp3) is 0.467. The smallest absolute Gasteiger partial charge is 0.255 e. The molecule has 114 valence electrons. The van der Waals surface area contributed by atoms with E-state index in [1.807, 2.05) is 0 Å². The van der Waals surface area contributed by atoms with Crippen LogP contribution in [0.25, 0.3) is 0 Å². The zero-order valence-electron chi connectivity index (χ0n) is 11.9. The number of anilines is 1. The number of nitrogen functional groups attached to an aromatic ring is 1. The van der Waals surface area contributed by atoms with Crippen LogP contribution in [0.15, 0.2) is 18.2 Å². The molecule has 0 spiro atoms. The minimum Gasteiger partial charge on any atom is -0.482 e. The van der Waals surface area contributed by atoms with Crippen molar-refractivity contribution in [2.75, 3.05) is 12.3 Å². The average molecular weight is 291 g/mol. The number of ether oxygens (including phenoxy) is 1. The van der Waals surface area contributed by atoms with E-state index in [0.29, 0.717) is 17.0 Å². The second-order valence-corrected chi connectivity index (χ2v) is 5.32.